The van der Waals surface area contributed by atoms with Crippen LogP contribution in [0.2, 0.25) is 0 Å². The standard InChI is InChI=1S/C21H22N2/c1-2-3-14-20(17-10-6-4-7-11-17)21(19(15-22)16-23)18-12-8-5-9-13-18/h4-13,19-21H,2-3,14H2,1H3. The van der Waals surface area contributed by atoms with Crippen LogP contribution in [0.5, 0.6) is 0 Å². The number of nitrogens with zero attached hydrogens (tertiary/aromatic N) is 2. The van der Waals surface area contributed by atoms with E-state index in [1.54, 1.807) is 0 Å². The summed E-state index contributed by atoms with van der Waals surface area (Å²) >= 11 is 0. The molecule has 0 bridgehead atoms. The summed E-state index contributed by atoms with van der Waals surface area (Å²) in [6, 6.07) is 24.7. The lowest BCUT2D eigenvalue weighted by Gasteiger charge is -2.29. The molecule has 2 atom stereocenters. The number of rotatable bonds is 7. The van der Waals surface area contributed by atoms with Gasteiger partial charge in [-0.25, -0.2) is 0 Å². The van der Waals surface area contributed by atoms with E-state index in [2.05, 4.69) is 31.2 Å². The topological polar surface area (TPSA) is 47.6 Å². The Balaban J connectivity index is 2.48. The highest BCUT2D eigenvalue weighted by molar-refractivity contribution is 5.32. The van der Waals surface area contributed by atoms with Crippen LogP contribution in [0, 0.1) is 28.6 Å². The Morgan fingerprint density at radius 1 is 0.826 bits per heavy atom. The highest BCUT2D eigenvalue weighted by Gasteiger charge is 2.31. The Labute approximate surface area is 139 Å². The minimum absolute atomic E-state index is 0.0971. The first-order chi connectivity index (χ1) is 11.3. The number of unbranched alkanes of at least 4 members (excludes halogenated alkanes) is 1. The molecule has 0 aliphatic carbocycles. The Morgan fingerprint density at radius 2 is 1.35 bits per heavy atom. The van der Waals surface area contributed by atoms with E-state index in [0.717, 1.165) is 24.8 Å². The molecular weight excluding hydrogens is 280 g/mol. The first-order valence-electron chi connectivity index (χ1n) is 8.21. The summed E-state index contributed by atoms with van der Waals surface area (Å²) in [5.74, 6) is -0.553. The second kappa shape index (κ2) is 8.76. The summed E-state index contributed by atoms with van der Waals surface area (Å²) in [7, 11) is 0. The van der Waals surface area contributed by atoms with Crippen molar-refractivity contribution in [1.29, 1.82) is 10.5 Å². The van der Waals surface area contributed by atoms with Crippen molar-refractivity contribution >= 4 is 0 Å². The van der Waals surface area contributed by atoms with Gasteiger partial charge in [-0.05, 0) is 23.5 Å². The van der Waals surface area contributed by atoms with E-state index in [1.165, 1.54) is 5.56 Å². The van der Waals surface area contributed by atoms with Gasteiger partial charge in [0.1, 0.15) is 5.92 Å². The van der Waals surface area contributed by atoms with Crippen LogP contribution in [0.15, 0.2) is 60.7 Å². The number of benzene rings is 2. The molecule has 116 valence electrons. The Morgan fingerprint density at radius 3 is 1.83 bits per heavy atom. The highest BCUT2D eigenvalue weighted by Crippen LogP contribution is 2.41. The summed E-state index contributed by atoms with van der Waals surface area (Å²) < 4.78 is 0. The smallest absolute Gasteiger partial charge is 0.140 e. The van der Waals surface area contributed by atoms with E-state index in [0.29, 0.717) is 0 Å². The molecule has 2 heteroatoms. The zero-order valence-corrected chi connectivity index (χ0v) is 13.5. The zero-order valence-electron chi connectivity index (χ0n) is 13.5. The number of hydrogen-bond donors (Lipinski definition) is 0. The van der Waals surface area contributed by atoms with Crippen LogP contribution in [-0.2, 0) is 0 Å². The predicted octanol–water partition coefficient (Wildman–Crippen LogP) is 5.41. The molecule has 2 aromatic rings. The maximum Gasteiger partial charge on any atom is 0.140 e. The fourth-order valence-electron chi connectivity index (χ4n) is 3.20. The van der Waals surface area contributed by atoms with E-state index in [4.69, 9.17) is 0 Å². The normalized spacial score (nSPS) is 13.0. The van der Waals surface area contributed by atoms with Gasteiger partial charge in [-0.3, -0.25) is 0 Å². The van der Waals surface area contributed by atoms with Crippen molar-refractivity contribution in [2.75, 3.05) is 0 Å². The average molecular weight is 302 g/mol. The molecule has 0 aliphatic heterocycles. The Hall–Kier alpha value is -2.58. The largest absolute Gasteiger partial charge is 0.197 e. The predicted molar refractivity (Wildman–Crippen MR) is 92.6 cm³/mol. The minimum Gasteiger partial charge on any atom is -0.197 e. The first-order valence-corrected chi connectivity index (χ1v) is 8.21. The summed E-state index contributed by atoms with van der Waals surface area (Å²) in [5.41, 5.74) is 2.29. The molecule has 2 aromatic carbocycles. The lowest BCUT2D eigenvalue weighted by Crippen LogP contribution is -2.19. The number of nitriles is 2. The third-order valence-electron chi connectivity index (χ3n) is 4.35. The molecule has 0 radical (unpaired) electrons. The molecular formula is C21H22N2. The molecule has 0 saturated heterocycles. The van der Waals surface area contributed by atoms with Crippen LogP contribution in [0.4, 0.5) is 0 Å². The van der Waals surface area contributed by atoms with Gasteiger partial charge in [0.2, 0.25) is 0 Å². The van der Waals surface area contributed by atoms with Gasteiger partial charge in [0.25, 0.3) is 0 Å². The SMILES string of the molecule is CCCCC(c1ccccc1)C(c1ccccc1)C(C#N)C#N. The van der Waals surface area contributed by atoms with Crippen molar-refractivity contribution in [3.63, 3.8) is 0 Å². The van der Waals surface area contributed by atoms with Gasteiger partial charge >= 0.3 is 0 Å². The maximum absolute atomic E-state index is 9.51. The van der Waals surface area contributed by atoms with Gasteiger partial charge in [0.05, 0.1) is 12.1 Å². The van der Waals surface area contributed by atoms with E-state index in [1.807, 2.05) is 48.5 Å². The molecule has 0 amide bonds. The third-order valence-corrected chi connectivity index (χ3v) is 4.35. The van der Waals surface area contributed by atoms with Crippen LogP contribution >= 0.6 is 0 Å². The van der Waals surface area contributed by atoms with Gasteiger partial charge in [-0.15, -0.1) is 0 Å². The van der Waals surface area contributed by atoms with Crippen molar-refractivity contribution in [2.24, 2.45) is 5.92 Å². The fourth-order valence-corrected chi connectivity index (χ4v) is 3.20. The minimum atomic E-state index is -0.639. The van der Waals surface area contributed by atoms with Crippen LogP contribution in [0.25, 0.3) is 0 Å². The molecule has 0 fully saturated rings. The average Bonchev–Trinajstić information content (AvgIpc) is 2.63. The third kappa shape index (κ3) is 4.21. The highest BCUT2D eigenvalue weighted by atomic mass is 14.4. The Kier molecular flexibility index (Phi) is 6.40. The van der Waals surface area contributed by atoms with Crippen molar-refractivity contribution in [1.82, 2.24) is 0 Å². The molecule has 0 aliphatic rings. The van der Waals surface area contributed by atoms with Crippen LogP contribution in [-0.4, -0.2) is 0 Å². The molecule has 0 N–H and O–H groups in total. The lowest BCUT2D eigenvalue weighted by atomic mass is 9.73. The monoisotopic (exact) mass is 302 g/mol. The van der Waals surface area contributed by atoms with E-state index >= 15 is 0 Å². The first kappa shape index (κ1) is 16.8. The number of hydrogen-bond acceptors (Lipinski definition) is 2. The fraction of sp³-hybridized carbons (Fsp3) is 0.333. The van der Waals surface area contributed by atoms with Crippen molar-refractivity contribution < 1.29 is 0 Å². The second-order valence-electron chi connectivity index (χ2n) is 5.83. The molecule has 2 unspecified atom stereocenters. The van der Waals surface area contributed by atoms with Crippen LogP contribution in [0.3, 0.4) is 0 Å². The molecule has 0 heterocycles. The van der Waals surface area contributed by atoms with Gasteiger partial charge in [0.15, 0.2) is 0 Å². The van der Waals surface area contributed by atoms with Gasteiger partial charge in [0, 0.05) is 5.92 Å². The molecule has 23 heavy (non-hydrogen) atoms. The van der Waals surface area contributed by atoms with Crippen LogP contribution < -0.4 is 0 Å². The van der Waals surface area contributed by atoms with Gasteiger partial charge in [-0.1, -0.05) is 80.4 Å². The maximum atomic E-state index is 9.51. The van der Waals surface area contributed by atoms with Crippen molar-refractivity contribution in [3.05, 3.63) is 71.8 Å². The van der Waals surface area contributed by atoms with E-state index in [-0.39, 0.29) is 11.8 Å². The van der Waals surface area contributed by atoms with Gasteiger partial charge in [-0.2, -0.15) is 10.5 Å². The summed E-state index contributed by atoms with van der Waals surface area (Å²) in [6.45, 7) is 2.17. The molecule has 0 aromatic heterocycles. The summed E-state index contributed by atoms with van der Waals surface area (Å²) in [5, 5.41) is 19.0. The summed E-state index contributed by atoms with van der Waals surface area (Å²) in [6.07, 6.45) is 3.18. The lowest BCUT2D eigenvalue weighted by molar-refractivity contribution is 0.451. The second-order valence-corrected chi connectivity index (χ2v) is 5.83. The quantitative estimate of drug-likeness (QED) is 0.686. The van der Waals surface area contributed by atoms with Gasteiger partial charge < -0.3 is 0 Å². The zero-order chi connectivity index (χ0) is 16.5. The van der Waals surface area contributed by atoms with Crippen molar-refractivity contribution in [3.8, 4) is 12.1 Å². The van der Waals surface area contributed by atoms with Crippen LogP contribution in [0.1, 0.15) is 49.1 Å². The Bertz CT molecular complexity index is 650. The van der Waals surface area contributed by atoms with Crippen molar-refractivity contribution in [2.45, 2.75) is 38.0 Å². The molecule has 0 saturated carbocycles. The molecule has 2 rings (SSSR count). The molecule has 0 spiro atoms. The van der Waals surface area contributed by atoms with E-state index < -0.39 is 5.92 Å². The van der Waals surface area contributed by atoms with E-state index in [9.17, 15) is 10.5 Å². The summed E-state index contributed by atoms with van der Waals surface area (Å²) in [4.78, 5) is 0. The molecule has 2 nitrogen and oxygen atoms in total.